The lowest BCUT2D eigenvalue weighted by Crippen LogP contribution is -2.33. The average Bonchev–Trinajstić information content (AvgIpc) is 2.34. The molecule has 6 nitrogen and oxygen atoms in total. The highest BCUT2D eigenvalue weighted by Gasteiger charge is 2.17. The summed E-state index contributed by atoms with van der Waals surface area (Å²) in [6.45, 7) is 5.31. The van der Waals surface area contributed by atoms with Gasteiger partial charge in [-0.3, -0.25) is 9.63 Å². The molecule has 0 saturated carbocycles. The number of esters is 1. The van der Waals surface area contributed by atoms with Crippen LogP contribution in [0.1, 0.15) is 41.5 Å². The van der Waals surface area contributed by atoms with E-state index in [1.165, 1.54) is 19.2 Å². The number of ether oxygens (including phenoxy) is 1. The monoisotopic (exact) mass is 267 g/mol. The molecule has 1 amide bonds. The van der Waals surface area contributed by atoms with Crippen LogP contribution in [0.2, 0.25) is 0 Å². The molecule has 0 radical (unpaired) electrons. The number of hydrogen-bond acceptors (Lipinski definition) is 5. The summed E-state index contributed by atoms with van der Waals surface area (Å²) in [5.74, 6) is -1.50. The van der Waals surface area contributed by atoms with E-state index in [-0.39, 0.29) is 16.9 Å². The van der Waals surface area contributed by atoms with Gasteiger partial charge in [-0.1, -0.05) is 0 Å². The molecule has 104 valence electrons. The number of phenolic OH excluding ortho intramolecular Hbond substituents is 1. The Hall–Kier alpha value is -2.08. The third-order valence-electron chi connectivity index (χ3n) is 2.11. The quantitative estimate of drug-likeness (QED) is 0.642. The highest BCUT2D eigenvalue weighted by molar-refractivity contribution is 5.98. The van der Waals surface area contributed by atoms with E-state index in [0.717, 1.165) is 6.07 Å². The third kappa shape index (κ3) is 4.26. The fourth-order valence-electron chi connectivity index (χ4n) is 1.22. The molecule has 0 bridgehead atoms. The van der Waals surface area contributed by atoms with Crippen molar-refractivity contribution in [2.45, 2.75) is 26.4 Å². The molecule has 0 unspecified atom stereocenters. The summed E-state index contributed by atoms with van der Waals surface area (Å²) in [5, 5.41) is 9.71. The van der Waals surface area contributed by atoms with Gasteiger partial charge in [0, 0.05) is 0 Å². The van der Waals surface area contributed by atoms with Crippen LogP contribution in [0.3, 0.4) is 0 Å². The second-order valence-corrected chi connectivity index (χ2v) is 4.87. The van der Waals surface area contributed by atoms with Gasteiger partial charge in [-0.15, -0.1) is 0 Å². The first-order chi connectivity index (χ1) is 8.74. The smallest absolute Gasteiger partial charge is 0.337 e. The molecule has 0 spiro atoms. The SMILES string of the molecule is COC(=O)c1ccc(C(=O)NOC(C)(C)C)c(O)c1. The molecule has 0 aliphatic carbocycles. The summed E-state index contributed by atoms with van der Waals surface area (Å²) < 4.78 is 4.51. The van der Waals surface area contributed by atoms with Crippen molar-refractivity contribution in [2.75, 3.05) is 7.11 Å². The molecule has 0 heterocycles. The Morgan fingerprint density at radius 3 is 2.37 bits per heavy atom. The number of nitrogens with one attached hydrogen (secondary N) is 1. The van der Waals surface area contributed by atoms with Crippen molar-refractivity contribution in [3.05, 3.63) is 29.3 Å². The summed E-state index contributed by atoms with van der Waals surface area (Å²) in [5.41, 5.74) is 1.85. The number of benzene rings is 1. The molecule has 1 aromatic carbocycles. The van der Waals surface area contributed by atoms with Crippen LogP contribution in [0.5, 0.6) is 5.75 Å². The van der Waals surface area contributed by atoms with E-state index in [0.29, 0.717) is 0 Å². The molecular weight excluding hydrogens is 250 g/mol. The van der Waals surface area contributed by atoms with Crippen molar-refractivity contribution < 1.29 is 24.3 Å². The molecule has 19 heavy (non-hydrogen) atoms. The highest BCUT2D eigenvalue weighted by atomic mass is 16.7. The molecule has 0 atom stereocenters. The predicted octanol–water partition coefficient (Wildman–Crippen LogP) is 1.64. The number of hydroxylamine groups is 1. The number of aromatic hydroxyl groups is 1. The highest BCUT2D eigenvalue weighted by Crippen LogP contribution is 2.19. The Balaban J connectivity index is 2.85. The van der Waals surface area contributed by atoms with Gasteiger partial charge in [-0.25, -0.2) is 10.3 Å². The van der Waals surface area contributed by atoms with Gasteiger partial charge in [0.1, 0.15) is 5.75 Å². The number of rotatable bonds is 3. The third-order valence-corrected chi connectivity index (χ3v) is 2.11. The minimum atomic E-state index is -0.594. The summed E-state index contributed by atoms with van der Waals surface area (Å²) in [4.78, 5) is 28.1. The maximum absolute atomic E-state index is 11.8. The van der Waals surface area contributed by atoms with Crippen molar-refractivity contribution in [3.63, 3.8) is 0 Å². The van der Waals surface area contributed by atoms with Crippen LogP contribution in [-0.2, 0) is 9.57 Å². The Kier molecular flexibility index (Phi) is 4.50. The van der Waals surface area contributed by atoms with E-state index in [2.05, 4.69) is 10.2 Å². The molecule has 0 saturated heterocycles. The summed E-state index contributed by atoms with van der Waals surface area (Å²) in [6, 6.07) is 3.87. The molecule has 6 heteroatoms. The number of methoxy groups -OCH3 is 1. The van der Waals surface area contributed by atoms with Crippen LogP contribution in [0.25, 0.3) is 0 Å². The molecule has 0 aliphatic rings. The van der Waals surface area contributed by atoms with E-state index < -0.39 is 17.5 Å². The van der Waals surface area contributed by atoms with Gasteiger partial charge in [0.2, 0.25) is 0 Å². The zero-order valence-corrected chi connectivity index (χ0v) is 11.3. The topological polar surface area (TPSA) is 84.9 Å². The van der Waals surface area contributed by atoms with E-state index in [1.807, 2.05) is 0 Å². The zero-order chi connectivity index (χ0) is 14.6. The second kappa shape index (κ2) is 5.71. The molecule has 0 aliphatic heterocycles. The lowest BCUT2D eigenvalue weighted by molar-refractivity contribution is -0.0590. The Morgan fingerprint density at radius 2 is 1.89 bits per heavy atom. The van der Waals surface area contributed by atoms with Crippen LogP contribution in [0, 0.1) is 0 Å². The number of amides is 1. The molecular formula is C13H17NO5. The van der Waals surface area contributed by atoms with Crippen LogP contribution in [0.4, 0.5) is 0 Å². The van der Waals surface area contributed by atoms with Crippen molar-refractivity contribution in [1.82, 2.24) is 5.48 Å². The number of hydrogen-bond donors (Lipinski definition) is 2. The first-order valence-corrected chi connectivity index (χ1v) is 5.64. The minimum absolute atomic E-state index is 0.0110. The second-order valence-electron chi connectivity index (χ2n) is 4.87. The fraction of sp³-hybridized carbons (Fsp3) is 0.385. The molecule has 0 fully saturated rings. The van der Waals surface area contributed by atoms with Crippen LogP contribution < -0.4 is 5.48 Å². The predicted molar refractivity (Wildman–Crippen MR) is 67.8 cm³/mol. The van der Waals surface area contributed by atoms with E-state index in [4.69, 9.17) is 4.84 Å². The van der Waals surface area contributed by atoms with Gasteiger partial charge in [0.05, 0.1) is 23.8 Å². The Bertz CT molecular complexity index is 490. The summed E-state index contributed by atoms with van der Waals surface area (Å²) in [7, 11) is 1.23. The van der Waals surface area contributed by atoms with Crippen molar-refractivity contribution >= 4 is 11.9 Å². The first-order valence-electron chi connectivity index (χ1n) is 5.64. The number of carbonyl (C=O) groups excluding carboxylic acids is 2. The lowest BCUT2D eigenvalue weighted by atomic mass is 10.1. The van der Waals surface area contributed by atoms with Crippen molar-refractivity contribution in [1.29, 1.82) is 0 Å². The number of phenols is 1. The van der Waals surface area contributed by atoms with Crippen molar-refractivity contribution in [2.24, 2.45) is 0 Å². The molecule has 1 rings (SSSR count). The van der Waals surface area contributed by atoms with Crippen LogP contribution in [-0.4, -0.2) is 29.7 Å². The minimum Gasteiger partial charge on any atom is -0.507 e. The van der Waals surface area contributed by atoms with Gasteiger partial charge in [-0.05, 0) is 39.0 Å². The van der Waals surface area contributed by atoms with E-state index >= 15 is 0 Å². The molecule has 0 aromatic heterocycles. The van der Waals surface area contributed by atoms with Gasteiger partial charge < -0.3 is 9.84 Å². The normalized spacial score (nSPS) is 10.9. The van der Waals surface area contributed by atoms with E-state index in [1.54, 1.807) is 20.8 Å². The average molecular weight is 267 g/mol. The van der Waals surface area contributed by atoms with Gasteiger partial charge in [0.25, 0.3) is 5.91 Å². The standard InChI is InChI=1S/C13H17NO5/c1-13(2,3)19-14-11(16)9-6-5-8(7-10(9)15)12(17)18-4/h5-7,15H,1-4H3,(H,14,16). The van der Waals surface area contributed by atoms with Crippen molar-refractivity contribution in [3.8, 4) is 5.75 Å². The summed E-state index contributed by atoms with van der Waals surface area (Å²) in [6.07, 6.45) is 0. The molecule has 1 aromatic rings. The van der Waals surface area contributed by atoms with Gasteiger partial charge in [-0.2, -0.15) is 0 Å². The fourth-order valence-corrected chi connectivity index (χ4v) is 1.22. The lowest BCUT2D eigenvalue weighted by Gasteiger charge is -2.19. The molecule has 2 N–H and O–H groups in total. The first kappa shape index (κ1) is 15.0. The maximum atomic E-state index is 11.8. The number of carbonyl (C=O) groups is 2. The van der Waals surface area contributed by atoms with Crippen LogP contribution in [0.15, 0.2) is 18.2 Å². The zero-order valence-electron chi connectivity index (χ0n) is 11.3. The Morgan fingerprint density at radius 1 is 1.26 bits per heavy atom. The maximum Gasteiger partial charge on any atom is 0.337 e. The largest absolute Gasteiger partial charge is 0.507 e. The van der Waals surface area contributed by atoms with Gasteiger partial charge in [0.15, 0.2) is 0 Å². The summed E-state index contributed by atoms with van der Waals surface area (Å²) >= 11 is 0. The van der Waals surface area contributed by atoms with Gasteiger partial charge >= 0.3 is 5.97 Å². The van der Waals surface area contributed by atoms with E-state index in [9.17, 15) is 14.7 Å². The Labute approximate surface area is 111 Å². The van der Waals surface area contributed by atoms with Crippen LogP contribution >= 0.6 is 0 Å².